The minimum absolute atomic E-state index is 0.0924. The van der Waals surface area contributed by atoms with E-state index in [9.17, 15) is 14.3 Å². The first-order chi connectivity index (χ1) is 22.6. The number of hydrogen-bond acceptors (Lipinski definition) is 6. The number of quaternary nitrogens is 1. The third kappa shape index (κ3) is 36.6. The first-order valence-corrected chi connectivity index (χ1v) is 21.3. The molecule has 9 heteroatoms. The molecule has 0 saturated heterocycles. The number of ether oxygens (including phenoxy) is 2. The molecule has 0 saturated carbocycles. The van der Waals surface area contributed by atoms with Crippen LogP contribution in [0.1, 0.15) is 181 Å². The van der Waals surface area contributed by atoms with Gasteiger partial charge in [0.05, 0.1) is 34.4 Å². The van der Waals surface area contributed by atoms with E-state index in [2.05, 4.69) is 13.8 Å². The van der Waals surface area contributed by atoms with Crippen LogP contribution >= 0.6 is 7.82 Å². The number of likely N-dealkylation sites (N-methyl/N-ethyl adjacent to an activating group) is 1. The third-order valence-electron chi connectivity index (χ3n) is 8.67. The van der Waals surface area contributed by atoms with E-state index >= 15 is 0 Å². The molecule has 0 fully saturated rings. The number of carbonyl (C=O) groups is 1. The van der Waals surface area contributed by atoms with Crippen molar-refractivity contribution in [2.75, 3.05) is 54.1 Å². The molecule has 0 aliphatic heterocycles. The molecule has 0 aliphatic carbocycles. The summed E-state index contributed by atoms with van der Waals surface area (Å²) in [6.07, 6.45) is 31.9. The number of esters is 1. The number of rotatable bonds is 37. The van der Waals surface area contributed by atoms with Gasteiger partial charge in [-0.15, -0.1) is 0 Å². The van der Waals surface area contributed by atoms with Gasteiger partial charge >= 0.3 is 13.8 Å². The van der Waals surface area contributed by atoms with Crippen LogP contribution < -0.4 is 0 Å². The highest BCUT2D eigenvalue weighted by Crippen LogP contribution is 2.43. The fraction of sp³-hybridized carbons (Fsp3) is 0.974. The number of phosphoric ester groups is 1. The molecular weight excluding hydrogens is 613 g/mol. The lowest BCUT2D eigenvalue weighted by Gasteiger charge is -2.24. The van der Waals surface area contributed by atoms with Crippen LogP contribution in [0, 0.1) is 0 Å². The monoisotopic (exact) mass is 693 g/mol. The molecule has 1 N–H and O–H groups in total. The van der Waals surface area contributed by atoms with E-state index in [0.717, 1.165) is 38.5 Å². The van der Waals surface area contributed by atoms with Crippen molar-refractivity contribution >= 4 is 13.8 Å². The average molecular weight is 693 g/mol. The maximum Gasteiger partial charge on any atom is 0.472 e. The summed E-state index contributed by atoms with van der Waals surface area (Å²) in [6, 6.07) is 0. The Hall–Kier alpha value is -0.500. The van der Waals surface area contributed by atoms with Crippen molar-refractivity contribution in [1.29, 1.82) is 0 Å². The van der Waals surface area contributed by atoms with Gasteiger partial charge in [-0.2, -0.15) is 0 Å². The Morgan fingerprint density at radius 1 is 0.574 bits per heavy atom. The molecule has 0 aliphatic rings. The van der Waals surface area contributed by atoms with Crippen molar-refractivity contribution in [3.8, 4) is 0 Å². The average Bonchev–Trinajstić information content (AvgIpc) is 3.01. The summed E-state index contributed by atoms with van der Waals surface area (Å²) in [5, 5.41) is 0. The number of unbranched alkanes of at least 4 members (excludes halogenated alkanes) is 23. The zero-order valence-corrected chi connectivity index (χ0v) is 32.7. The Morgan fingerprint density at radius 3 is 1.40 bits per heavy atom. The van der Waals surface area contributed by atoms with Gasteiger partial charge in [0.1, 0.15) is 19.3 Å². The summed E-state index contributed by atoms with van der Waals surface area (Å²) in [4.78, 5) is 22.4. The largest absolute Gasteiger partial charge is 0.472 e. The Balaban J connectivity index is 3.89. The van der Waals surface area contributed by atoms with Crippen molar-refractivity contribution in [2.45, 2.75) is 187 Å². The maximum absolute atomic E-state index is 12.4. The van der Waals surface area contributed by atoms with E-state index in [1.807, 2.05) is 21.1 Å². The lowest BCUT2D eigenvalue weighted by molar-refractivity contribution is -0.870. The predicted octanol–water partition coefficient (Wildman–Crippen LogP) is 10.9. The smallest absolute Gasteiger partial charge is 0.457 e. The lowest BCUT2D eigenvalue weighted by atomic mass is 10.0. The van der Waals surface area contributed by atoms with E-state index in [4.69, 9.17) is 18.5 Å². The molecule has 0 aromatic rings. The van der Waals surface area contributed by atoms with Gasteiger partial charge in [0.25, 0.3) is 0 Å². The zero-order valence-electron chi connectivity index (χ0n) is 31.8. The van der Waals surface area contributed by atoms with Gasteiger partial charge in [0.2, 0.25) is 0 Å². The van der Waals surface area contributed by atoms with Crippen molar-refractivity contribution in [3.63, 3.8) is 0 Å². The topological polar surface area (TPSA) is 91.3 Å². The quantitative estimate of drug-likeness (QED) is 0.0300. The first kappa shape index (κ1) is 46.5. The zero-order chi connectivity index (χ0) is 34.9. The normalized spacial score (nSPS) is 13.9. The number of phosphoric acid groups is 1. The minimum atomic E-state index is -4.25. The van der Waals surface area contributed by atoms with Gasteiger partial charge < -0.3 is 18.9 Å². The molecule has 0 aromatic carbocycles. The standard InChI is InChI=1S/C38H78NO7P/c1-6-8-10-12-13-14-15-16-17-18-19-20-21-22-23-24-25-26-27-28-30-33-43-35-37(46-38(40)31-29-11-9-7-2)36-45-47(41,42)44-34-32-39(3,4)5/h37H,6-36H2,1-5H3/p+1. The van der Waals surface area contributed by atoms with Crippen LogP contribution in [0.4, 0.5) is 0 Å². The van der Waals surface area contributed by atoms with Gasteiger partial charge in [-0.1, -0.05) is 162 Å². The molecule has 0 spiro atoms. The molecule has 0 aromatic heterocycles. The fourth-order valence-electron chi connectivity index (χ4n) is 5.55. The van der Waals surface area contributed by atoms with E-state index in [-0.39, 0.29) is 25.8 Å². The molecule has 0 amide bonds. The van der Waals surface area contributed by atoms with Crippen molar-refractivity contribution < 1.29 is 37.3 Å². The second-order valence-electron chi connectivity index (χ2n) is 14.7. The highest BCUT2D eigenvalue weighted by Gasteiger charge is 2.26. The van der Waals surface area contributed by atoms with Gasteiger partial charge in [-0.3, -0.25) is 13.8 Å². The van der Waals surface area contributed by atoms with Crippen LogP contribution in [-0.2, 0) is 27.9 Å². The van der Waals surface area contributed by atoms with Crippen LogP contribution in [-0.4, -0.2) is 75.6 Å². The number of carbonyl (C=O) groups excluding carboxylic acids is 1. The van der Waals surface area contributed by atoms with Crippen LogP contribution in [0.15, 0.2) is 0 Å². The summed E-state index contributed by atoms with van der Waals surface area (Å²) in [5.41, 5.74) is 0. The van der Waals surface area contributed by atoms with Crippen LogP contribution in [0.25, 0.3) is 0 Å². The van der Waals surface area contributed by atoms with Gasteiger partial charge in [0.15, 0.2) is 0 Å². The molecule has 2 unspecified atom stereocenters. The van der Waals surface area contributed by atoms with E-state index in [0.29, 0.717) is 24.1 Å². The van der Waals surface area contributed by atoms with Crippen molar-refractivity contribution in [3.05, 3.63) is 0 Å². The van der Waals surface area contributed by atoms with Gasteiger partial charge in [-0.05, 0) is 12.8 Å². The molecule has 282 valence electrons. The maximum atomic E-state index is 12.4. The Labute approximate surface area is 291 Å². The second-order valence-corrected chi connectivity index (χ2v) is 16.1. The van der Waals surface area contributed by atoms with Crippen molar-refractivity contribution in [2.24, 2.45) is 0 Å². The highest BCUT2D eigenvalue weighted by atomic mass is 31.2. The molecule has 8 nitrogen and oxygen atoms in total. The molecular formula is C38H79NO7P+. The summed E-state index contributed by atoms with van der Waals surface area (Å²) in [5.74, 6) is -0.328. The van der Waals surface area contributed by atoms with Crippen LogP contribution in [0.5, 0.6) is 0 Å². The van der Waals surface area contributed by atoms with Gasteiger partial charge in [0, 0.05) is 13.0 Å². The number of hydrogen-bond donors (Lipinski definition) is 1. The summed E-state index contributed by atoms with van der Waals surface area (Å²) in [7, 11) is 1.68. The molecule has 0 radical (unpaired) electrons. The third-order valence-corrected chi connectivity index (χ3v) is 9.65. The second kappa shape index (κ2) is 32.7. The lowest BCUT2D eigenvalue weighted by Crippen LogP contribution is -2.37. The molecule has 0 rings (SSSR count). The molecule has 2 atom stereocenters. The van der Waals surface area contributed by atoms with E-state index < -0.39 is 13.9 Å². The summed E-state index contributed by atoms with van der Waals surface area (Å²) in [6.45, 7) is 5.54. The van der Waals surface area contributed by atoms with E-state index in [1.165, 1.54) is 122 Å². The minimum Gasteiger partial charge on any atom is -0.457 e. The highest BCUT2D eigenvalue weighted by molar-refractivity contribution is 7.47. The summed E-state index contributed by atoms with van der Waals surface area (Å²) >= 11 is 0. The Kier molecular flexibility index (Phi) is 32.3. The van der Waals surface area contributed by atoms with Crippen LogP contribution in [0.2, 0.25) is 0 Å². The Bertz CT molecular complexity index is 731. The Morgan fingerprint density at radius 2 is 0.979 bits per heavy atom. The molecule has 0 heterocycles. The molecule has 0 bridgehead atoms. The van der Waals surface area contributed by atoms with Crippen LogP contribution in [0.3, 0.4) is 0 Å². The van der Waals surface area contributed by atoms with Gasteiger partial charge in [-0.25, -0.2) is 4.57 Å². The predicted molar refractivity (Wildman–Crippen MR) is 197 cm³/mol. The fourth-order valence-corrected chi connectivity index (χ4v) is 6.29. The van der Waals surface area contributed by atoms with E-state index in [1.54, 1.807) is 0 Å². The number of nitrogens with zero attached hydrogens (tertiary/aromatic N) is 1. The first-order valence-electron chi connectivity index (χ1n) is 19.8. The van der Waals surface area contributed by atoms with Crippen molar-refractivity contribution in [1.82, 2.24) is 0 Å². The molecule has 47 heavy (non-hydrogen) atoms. The SMILES string of the molecule is CCCCCCCCCCCCCCCCCCCCCCCOCC(COP(=O)(O)OCC[N+](C)(C)C)OC(=O)CCCCCC. The summed E-state index contributed by atoms with van der Waals surface area (Å²) < 4.78 is 34.6.